The molecule has 1 amide bonds. The monoisotopic (exact) mass is 313 g/mol. The second kappa shape index (κ2) is 6.96. The van der Waals surface area contributed by atoms with Crippen LogP contribution in [0, 0.1) is 5.92 Å². The molecule has 1 aliphatic heterocycles. The first-order valence-electron chi connectivity index (χ1n) is 8.20. The summed E-state index contributed by atoms with van der Waals surface area (Å²) in [7, 11) is 0. The first-order chi connectivity index (χ1) is 11.2. The predicted octanol–water partition coefficient (Wildman–Crippen LogP) is 2.14. The number of hydrogen-bond donors (Lipinski definition) is 1. The lowest BCUT2D eigenvalue weighted by molar-refractivity contribution is 0.0562. The fourth-order valence-corrected chi connectivity index (χ4v) is 3.44. The minimum absolute atomic E-state index is 0.0400. The van der Waals surface area contributed by atoms with E-state index in [9.17, 15) is 9.90 Å². The number of amides is 1. The molecule has 2 aromatic rings. The molecule has 1 aliphatic rings. The van der Waals surface area contributed by atoms with E-state index in [1.807, 2.05) is 40.8 Å². The van der Waals surface area contributed by atoms with Gasteiger partial charge in [0.1, 0.15) is 0 Å². The molecule has 1 saturated heterocycles. The van der Waals surface area contributed by atoms with Crippen molar-refractivity contribution in [3.05, 3.63) is 54.1 Å². The standard InChI is InChI=1S/C18H23N3O2/c1-2-20-11-9-19-17(20)18(23)21-10-8-16(15(12-21)13-22)14-6-4-3-5-7-14/h3-7,9,11,15-16,22H,2,8,10,12-13H2,1H3/t15-,16+/m1/s1. The zero-order chi connectivity index (χ0) is 16.2. The van der Waals surface area contributed by atoms with Crippen molar-refractivity contribution >= 4 is 5.91 Å². The summed E-state index contributed by atoms with van der Waals surface area (Å²) >= 11 is 0. The number of nitrogens with zero attached hydrogens (tertiary/aromatic N) is 3. The van der Waals surface area contributed by atoms with E-state index in [1.165, 1.54) is 5.56 Å². The zero-order valence-electron chi connectivity index (χ0n) is 13.4. The minimum Gasteiger partial charge on any atom is -0.396 e. The average molecular weight is 313 g/mol. The Morgan fingerprint density at radius 1 is 1.35 bits per heavy atom. The summed E-state index contributed by atoms with van der Waals surface area (Å²) in [5.74, 6) is 0.820. The van der Waals surface area contributed by atoms with E-state index in [0.717, 1.165) is 13.0 Å². The maximum absolute atomic E-state index is 12.7. The van der Waals surface area contributed by atoms with Crippen molar-refractivity contribution in [2.45, 2.75) is 25.8 Å². The summed E-state index contributed by atoms with van der Waals surface area (Å²) in [5, 5.41) is 9.79. The Morgan fingerprint density at radius 3 is 2.83 bits per heavy atom. The van der Waals surface area contributed by atoms with Crippen LogP contribution < -0.4 is 0 Å². The molecule has 0 bridgehead atoms. The van der Waals surface area contributed by atoms with Gasteiger partial charge in [-0.2, -0.15) is 0 Å². The minimum atomic E-state index is -0.0400. The molecule has 2 heterocycles. The van der Waals surface area contributed by atoms with Gasteiger partial charge < -0.3 is 14.6 Å². The van der Waals surface area contributed by atoms with Crippen LogP contribution in [0.15, 0.2) is 42.7 Å². The Kier molecular flexibility index (Phi) is 4.76. The molecule has 0 saturated carbocycles. The van der Waals surface area contributed by atoms with Gasteiger partial charge in [-0.05, 0) is 24.8 Å². The summed E-state index contributed by atoms with van der Waals surface area (Å²) in [4.78, 5) is 18.7. The second-order valence-electron chi connectivity index (χ2n) is 6.04. The normalized spacial score (nSPS) is 21.4. The van der Waals surface area contributed by atoms with Crippen molar-refractivity contribution < 1.29 is 9.90 Å². The largest absolute Gasteiger partial charge is 0.396 e. The molecule has 5 heteroatoms. The average Bonchev–Trinajstić information content (AvgIpc) is 3.10. The summed E-state index contributed by atoms with van der Waals surface area (Å²) < 4.78 is 1.86. The number of likely N-dealkylation sites (tertiary alicyclic amines) is 1. The first kappa shape index (κ1) is 15.7. The number of aromatic nitrogens is 2. The van der Waals surface area contributed by atoms with Crippen molar-refractivity contribution in [2.24, 2.45) is 5.92 Å². The molecule has 1 N–H and O–H groups in total. The van der Waals surface area contributed by atoms with Crippen molar-refractivity contribution in [1.29, 1.82) is 0 Å². The smallest absolute Gasteiger partial charge is 0.289 e. The number of benzene rings is 1. The van der Waals surface area contributed by atoms with Gasteiger partial charge in [0.25, 0.3) is 5.91 Å². The van der Waals surface area contributed by atoms with Gasteiger partial charge >= 0.3 is 0 Å². The molecular formula is C18H23N3O2. The van der Waals surface area contributed by atoms with E-state index in [1.54, 1.807) is 6.20 Å². The van der Waals surface area contributed by atoms with Crippen molar-refractivity contribution in [1.82, 2.24) is 14.5 Å². The fourth-order valence-electron chi connectivity index (χ4n) is 3.44. The molecule has 3 rings (SSSR count). The molecular weight excluding hydrogens is 290 g/mol. The molecule has 1 aromatic heterocycles. The van der Waals surface area contributed by atoms with Gasteiger partial charge in [0.05, 0.1) is 0 Å². The van der Waals surface area contributed by atoms with Crippen molar-refractivity contribution in [3.63, 3.8) is 0 Å². The Morgan fingerprint density at radius 2 is 2.13 bits per heavy atom. The quantitative estimate of drug-likeness (QED) is 0.941. The summed E-state index contributed by atoms with van der Waals surface area (Å²) in [6.07, 6.45) is 4.36. The van der Waals surface area contributed by atoms with Gasteiger partial charge in [-0.25, -0.2) is 4.98 Å². The van der Waals surface area contributed by atoms with Gasteiger partial charge in [-0.3, -0.25) is 4.79 Å². The molecule has 2 atom stereocenters. The van der Waals surface area contributed by atoms with Crippen LogP contribution >= 0.6 is 0 Å². The maximum Gasteiger partial charge on any atom is 0.289 e. The van der Waals surface area contributed by atoms with Gasteiger partial charge in [0.15, 0.2) is 5.82 Å². The lowest BCUT2D eigenvalue weighted by atomic mass is 9.81. The number of piperidine rings is 1. The highest BCUT2D eigenvalue weighted by molar-refractivity contribution is 5.91. The van der Waals surface area contributed by atoms with Crippen LogP contribution in [0.4, 0.5) is 0 Å². The Balaban J connectivity index is 1.75. The topological polar surface area (TPSA) is 58.4 Å². The van der Waals surface area contributed by atoms with Gasteiger partial charge in [-0.15, -0.1) is 0 Å². The predicted molar refractivity (Wildman–Crippen MR) is 88.2 cm³/mol. The first-order valence-corrected chi connectivity index (χ1v) is 8.20. The molecule has 1 fully saturated rings. The van der Waals surface area contributed by atoms with Gasteiger partial charge in [0, 0.05) is 44.6 Å². The molecule has 1 aromatic carbocycles. The van der Waals surface area contributed by atoms with E-state index in [2.05, 4.69) is 17.1 Å². The number of aliphatic hydroxyl groups excluding tert-OH is 1. The third-order valence-electron chi connectivity index (χ3n) is 4.73. The number of hydrogen-bond acceptors (Lipinski definition) is 3. The van der Waals surface area contributed by atoms with Crippen LogP contribution in [0.25, 0.3) is 0 Å². The maximum atomic E-state index is 12.7. The fraction of sp³-hybridized carbons (Fsp3) is 0.444. The van der Waals surface area contributed by atoms with Crippen LogP contribution in [-0.2, 0) is 6.54 Å². The lowest BCUT2D eigenvalue weighted by Crippen LogP contribution is -2.45. The zero-order valence-corrected chi connectivity index (χ0v) is 13.4. The third-order valence-corrected chi connectivity index (χ3v) is 4.73. The summed E-state index contributed by atoms with van der Waals surface area (Å²) in [6.45, 7) is 4.09. The van der Waals surface area contributed by atoms with E-state index >= 15 is 0 Å². The van der Waals surface area contributed by atoms with Crippen LogP contribution in [0.2, 0.25) is 0 Å². The summed E-state index contributed by atoms with van der Waals surface area (Å²) in [5.41, 5.74) is 1.24. The van der Waals surface area contributed by atoms with E-state index in [0.29, 0.717) is 24.8 Å². The lowest BCUT2D eigenvalue weighted by Gasteiger charge is -2.38. The number of imidazole rings is 1. The molecule has 0 spiro atoms. The third kappa shape index (κ3) is 3.15. The number of carbonyl (C=O) groups excluding carboxylic acids is 1. The number of aliphatic hydroxyl groups is 1. The highest BCUT2D eigenvalue weighted by atomic mass is 16.3. The summed E-state index contributed by atoms with van der Waals surface area (Å²) in [6, 6.07) is 10.3. The van der Waals surface area contributed by atoms with Crippen molar-refractivity contribution in [3.8, 4) is 0 Å². The van der Waals surface area contributed by atoms with Crippen LogP contribution in [0.5, 0.6) is 0 Å². The van der Waals surface area contributed by atoms with Crippen LogP contribution in [0.1, 0.15) is 35.4 Å². The van der Waals surface area contributed by atoms with Crippen LogP contribution in [0.3, 0.4) is 0 Å². The van der Waals surface area contributed by atoms with Gasteiger partial charge in [0.2, 0.25) is 0 Å². The number of carbonyl (C=O) groups is 1. The van der Waals surface area contributed by atoms with E-state index in [4.69, 9.17) is 0 Å². The second-order valence-corrected chi connectivity index (χ2v) is 6.04. The van der Waals surface area contributed by atoms with E-state index < -0.39 is 0 Å². The highest BCUT2D eigenvalue weighted by Gasteiger charge is 2.33. The van der Waals surface area contributed by atoms with E-state index in [-0.39, 0.29) is 18.4 Å². The number of rotatable bonds is 4. The number of aryl methyl sites for hydroxylation is 1. The molecule has 0 aliphatic carbocycles. The molecule has 23 heavy (non-hydrogen) atoms. The Labute approximate surface area is 136 Å². The molecule has 5 nitrogen and oxygen atoms in total. The Hall–Kier alpha value is -2.14. The Bertz CT molecular complexity index is 653. The van der Waals surface area contributed by atoms with Crippen molar-refractivity contribution in [2.75, 3.05) is 19.7 Å². The van der Waals surface area contributed by atoms with Crippen LogP contribution in [-0.4, -0.2) is 45.2 Å². The van der Waals surface area contributed by atoms with Gasteiger partial charge in [-0.1, -0.05) is 30.3 Å². The molecule has 0 radical (unpaired) electrons. The molecule has 122 valence electrons. The highest BCUT2D eigenvalue weighted by Crippen LogP contribution is 2.33. The molecule has 0 unspecified atom stereocenters. The SMILES string of the molecule is CCn1ccnc1C(=O)N1CC[C@@H](c2ccccc2)[C@@H](CO)C1.